The first kappa shape index (κ1) is 14.3. The molecule has 0 aromatic heterocycles. The number of carbonyl (C=O) groups excluding carboxylic acids is 1. The Morgan fingerprint density at radius 3 is 2.45 bits per heavy atom. The van der Waals surface area contributed by atoms with Crippen LogP contribution in [0.25, 0.3) is 0 Å². The summed E-state index contributed by atoms with van der Waals surface area (Å²) in [5.74, 6) is -0.322. The Bertz CT molecular complexity index is 369. The highest BCUT2D eigenvalue weighted by atomic mass is 16.1. The molecule has 5 nitrogen and oxygen atoms in total. The summed E-state index contributed by atoms with van der Waals surface area (Å²) < 4.78 is 0. The third kappa shape index (κ3) is 2.71. The molecule has 0 spiro atoms. The van der Waals surface area contributed by atoms with E-state index in [9.17, 15) is 4.79 Å². The Hall–Kier alpha value is -0.650. The van der Waals surface area contributed by atoms with E-state index in [2.05, 4.69) is 9.80 Å². The normalized spacial score (nSPS) is 40.2. The summed E-state index contributed by atoms with van der Waals surface area (Å²) >= 11 is 0. The van der Waals surface area contributed by atoms with Crippen LogP contribution in [0.4, 0.5) is 0 Å². The highest BCUT2D eigenvalue weighted by Gasteiger charge is 2.41. The lowest BCUT2D eigenvalue weighted by molar-refractivity contribution is -0.125. The van der Waals surface area contributed by atoms with Gasteiger partial charge in [-0.25, -0.2) is 0 Å². The average Bonchev–Trinajstić information content (AvgIpc) is 3.10. The van der Waals surface area contributed by atoms with Crippen LogP contribution in [0.5, 0.6) is 0 Å². The number of nitrogens with two attached hydrogens (primary N) is 2. The van der Waals surface area contributed by atoms with Crippen LogP contribution in [0, 0.1) is 0 Å². The second-order valence-corrected chi connectivity index (χ2v) is 6.95. The maximum Gasteiger partial charge on any atom is 0.237 e. The predicted molar refractivity (Wildman–Crippen MR) is 79.2 cm³/mol. The topological polar surface area (TPSA) is 75.6 Å². The van der Waals surface area contributed by atoms with Crippen molar-refractivity contribution in [1.82, 2.24) is 9.80 Å². The van der Waals surface area contributed by atoms with E-state index in [1.165, 1.54) is 38.8 Å². The van der Waals surface area contributed by atoms with Crippen molar-refractivity contribution in [3.05, 3.63) is 0 Å². The van der Waals surface area contributed by atoms with Crippen molar-refractivity contribution in [3.8, 4) is 0 Å². The van der Waals surface area contributed by atoms with Gasteiger partial charge >= 0.3 is 0 Å². The van der Waals surface area contributed by atoms with Gasteiger partial charge in [0.15, 0.2) is 0 Å². The molecule has 0 aromatic carbocycles. The second-order valence-electron chi connectivity index (χ2n) is 6.95. The van der Waals surface area contributed by atoms with Gasteiger partial charge in [0.25, 0.3) is 0 Å². The van der Waals surface area contributed by atoms with Gasteiger partial charge in [0.05, 0.1) is 5.54 Å². The molecule has 3 rings (SSSR count). The van der Waals surface area contributed by atoms with Gasteiger partial charge in [-0.1, -0.05) is 0 Å². The first-order valence-electron chi connectivity index (χ1n) is 8.15. The van der Waals surface area contributed by atoms with Crippen LogP contribution in [0.15, 0.2) is 0 Å². The highest BCUT2D eigenvalue weighted by Crippen LogP contribution is 2.32. The standard InChI is InChI=1S/C15H28N4O/c16-14(20)15(17)6-3-4-12(10-15)19-9-5-13(11-19)18-7-1-2-8-18/h12-13H,1-11,17H2,(H2,16,20). The summed E-state index contributed by atoms with van der Waals surface area (Å²) in [5, 5.41) is 0. The molecule has 0 aromatic rings. The number of nitrogens with zero attached hydrogens (tertiary/aromatic N) is 2. The van der Waals surface area contributed by atoms with Crippen molar-refractivity contribution in [3.63, 3.8) is 0 Å². The van der Waals surface area contributed by atoms with Crippen molar-refractivity contribution < 1.29 is 4.79 Å². The molecule has 3 aliphatic rings. The number of primary amides is 1. The van der Waals surface area contributed by atoms with Gasteiger partial charge in [-0.05, 0) is 58.0 Å². The first-order valence-corrected chi connectivity index (χ1v) is 8.15. The Kier molecular flexibility index (Phi) is 4.02. The van der Waals surface area contributed by atoms with Gasteiger partial charge in [-0.15, -0.1) is 0 Å². The molecule has 3 fully saturated rings. The van der Waals surface area contributed by atoms with E-state index in [1.807, 2.05) is 0 Å². The summed E-state index contributed by atoms with van der Waals surface area (Å²) in [6, 6.07) is 1.18. The molecular weight excluding hydrogens is 252 g/mol. The van der Waals surface area contributed by atoms with E-state index in [4.69, 9.17) is 11.5 Å². The predicted octanol–water partition coefficient (Wildman–Crippen LogP) is 0.282. The van der Waals surface area contributed by atoms with Gasteiger partial charge in [0, 0.05) is 25.2 Å². The molecule has 5 heteroatoms. The number of hydrogen-bond acceptors (Lipinski definition) is 4. The molecule has 0 bridgehead atoms. The lowest BCUT2D eigenvalue weighted by Crippen LogP contribution is -2.58. The Morgan fingerprint density at radius 2 is 1.75 bits per heavy atom. The number of amides is 1. The maximum atomic E-state index is 11.6. The highest BCUT2D eigenvalue weighted by molar-refractivity contribution is 5.84. The van der Waals surface area contributed by atoms with Gasteiger partial charge in [-0.2, -0.15) is 0 Å². The molecule has 2 heterocycles. The van der Waals surface area contributed by atoms with Crippen molar-refractivity contribution in [1.29, 1.82) is 0 Å². The largest absolute Gasteiger partial charge is 0.368 e. The lowest BCUT2D eigenvalue weighted by atomic mass is 9.78. The number of likely N-dealkylation sites (tertiary alicyclic amines) is 2. The minimum Gasteiger partial charge on any atom is -0.368 e. The molecule has 3 unspecified atom stereocenters. The Morgan fingerprint density at radius 1 is 1.00 bits per heavy atom. The van der Waals surface area contributed by atoms with Crippen LogP contribution in [-0.4, -0.2) is 59.5 Å². The molecule has 4 N–H and O–H groups in total. The molecule has 1 aliphatic carbocycles. The minimum absolute atomic E-state index is 0.322. The zero-order chi connectivity index (χ0) is 14.2. The van der Waals surface area contributed by atoms with Crippen molar-refractivity contribution in [2.75, 3.05) is 26.2 Å². The molecule has 2 aliphatic heterocycles. The summed E-state index contributed by atoms with van der Waals surface area (Å²) in [5.41, 5.74) is 10.9. The molecule has 1 amide bonds. The van der Waals surface area contributed by atoms with E-state index < -0.39 is 5.54 Å². The van der Waals surface area contributed by atoms with E-state index >= 15 is 0 Å². The zero-order valence-electron chi connectivity index (χ0n) is 12.4. The number of carbonyl (C=O) groups is 1. The third-order valence-electron chi connectivity index (χ3n) is 5.62. The summed E-state index contributed by atoms with van der Waals surface area (Å²) in [6.45, 7) is 4.84. The fourth-order valence-electron chi connectivity index (χ4n) is 4.32. The molecule has 3 atom stereocenters. The minimum atomic E-state index is -0.769. The van der Waals surface area contributed by atoms with Crippen LogP contribution in [0.2, 0.25) is 0 Å². The zero-order valence-corrected chi connectivity index (χ0v) is 12.4. The second kappa shape index (κ2) is 5.62. The third-order valence-corrected chi connectivity index (χ3v) is 5.62. The SMILES string of the molecule is NC(=O)C1(N)CCCC(N2CCC(N3CCCC3)C2)C1. The Labute approximate surface area is 121 Å². The quantitative estimate of drug-likeness (QED) is 0.779. The van der Waals surface area contributed by atoms with Gasteiger partial charge in [0.1, 0.15) is 0 Å². The summed E-state index contributed by atoms with van der Waals surface area (Å²) in [6.07, 6.45) is 7.66. The van der Waals surface area contributed by atoms with Crippen molar-refractivity contribution in [2.45, 2.75) is 62.6 Å². The molecule has 1 saturated carbocycles. The van der Waals surface area contributed by atoms with E-state index in [0.29, 0.717) is 6.04 Å². The van der Waals surface area contributed by atoms with E-state index in [-0.39, 0.29) is 5.91 Å². The summed E-state index contributed by atoms with van der Waals surface area (Å²) in [7, 11) is 0. The average molecular weight is 280 g/mol. The molecule has 20 heavy (non-hydrogen) atoms. The van der Waals surface area contributed by atoms with E-state index in [1.54, 1.807) is 0 Å². The van der Waals surface area contributed by atoms with Gasteiger partial charge < -0.3 is 11.5 Å². The van der Waals surface area contributed by atoms with Crippen LogP contribution < -0.4 is 11.5 Å². The first-order chi connectivity index (χ1) is 9.58. The number of hydrogen-bond donors (Lipinski definition) is 2. The van der Waals surface area contributed by atoms with Crippen LogP contribution in [0.3, 0.4) is 0 Å². The van der Waals surface area contributed by atoms with Crippen LogP contribution in [-0.2, 0) is 4.79 Å². The fraction of sp³-hybridized carbons (Fsp3) is 0.933. The van der Waals surface area contributed by atoms with E-state index in [0.717, 1.165) is 38.4 Å². The summed E-state index contributed by atoms with van der Waals surface area (Å²) in [4.78, 5) is 16.8. The maximum absolute atomic E-state index is 11.6. The number of rotatable bonds is 3. The van der Waals surface area contributed by atoms with Crippen molar-refractivity contribution in [2.24, 2.45) is 11.5 Å². The molecule has 114 valence electrons. The molecule has 2 saturated heterocycles. The van der Waals surface area contributed by atoms with Gasteiger partial charge in [-0.3, -0.25) is 14.6 Å². The lowest BCUT2D eigenvalue weighted by Gasteiger charge is -2.40. The molecular formula is C15H28N4O. The monoisotopic (exact) mass is 280 g/mol. The van der Waals surface area contributed by atoms with Gasteiger partial charge in [0.2, 0.25) is 5.91 Å². The molecule has 0 radical (unpaired) electrons. The van der Waals surface area contributed by atoms with Crippen molar-refractivity contribution >= 4 is 5.91 Å². The van der Waals surface area contributed by atoms with Crippen LogP contribution in [0.1, 0.15) is 44.9 Å². The smallest absolute Gasteiger partial charge is 0.237 e. The van der Waals surface area contributed by atoms with Crippen LogP contribution >= 0.6 is 0 Å². The fourth-order valence-corrected chi connectivity index (χ4v) is 4.32. The Balaban J connectivity index is 1.58.